The Labute approximate surface area is 197 Å². The van der Waals surface area contributed by atoms with E-state index in [-0.39, 0.29) is 16.1 Å². The second kappa shape index (κ2) is 9.22. The van der Waals surface area contributed by atoms with Gasteiger partial charge in [-0.2, -0.15) is 0 Å². The quantitative estimate of drug-likeness (QED) is 0.315. The molecule has 8 nitrogen and oxygen atoms in total. The topological polar surface area (TPSA) is 109 Å². The molecule has 0 saturated carbocycles. The number of anilines is 2. The van der Waals surface area contributed by atoms with Gasteiger partial charge in [-0.15, -0.1) is 0 Å². The smallest absolute Gasteiger partial charge is 0.269 e. The molecule has 1 amide bonds. The molecule has 0 radical (unpaired) electrons. The molecule has 170 valence electrons. The molecule has 0 aliphatic rings. The van der Waals surface area contributed by atoms with E-state index in [1.54, 1.807) is 12.1 Å². The first-order valence-corrected chi connectivity index (χ1v) is 12.0. The van der Waals surface area contributed by atoms with Crippen LogP contribution in [0, 0.1) is 5.82 Å². The number of ether oxygens (including phenoxy) is 1. The van der Waals surface area contributed by atoms with Gasteiger partial charge in [-0.1, -0.05) is 29.0 Å². The Bertz CT molecular complexity index is 1440. The minimum Gasteiger partial charge on any atom is -0.494 e. The second-order valence-electron chi connectivity index (χ2n) is 6.67. The highest BCUT2D eigenvalue weighted by Gasteiger charge is 2.16. The van der Waals surface area contributed by atoms with Gasteiger partial charge in [0.05, 0.1) is 21.7 Å². The number of sulfonamides is 1. The molecular weight excluding hydrogens is 491 g/mol. The van der Waals surface area contributed by atoms with Gasteiger partial charge in [0.1, 0.15) is 17.1 Å². The number of hydrogen-bond acceptors (Lipinski definition) is 7. The molecule has 4 rings (SSSR count). The molecule has 1 aromatic heterocycles. The third-order valence-corrected chi connectivity index (χ3v) is 7.29. The lowest BCUT2D eigenvalue weighted by Gasteiger charge is -2.10. The summed E-state index contributed by atoms with van der Waals surface area (Å²) in [7, 11) is -2.43. The van der Waals surface area contributed by atoms with Crippen molar-refractivity contribution in [1.29, 1.82) is 0 Å². The van der Waals surface area contributed by atoms with Gasteiger partial charge in [0.25, 0.3) is 15.9 Å². The molecular formula is C21H16ClFN4O4S2. The summed E-state index contributed by atoms with van der Waals surface area (Å²) >= 11 is 7.44. The van der Waals surface area contributed by atoms with E-state index >= 15 is 0 Å². The highest BCUT2D eigenvalue weighted by molar-refractivity contribution is 7.92. The average Bonchev–Trinajstić information content (AvgIpc) is 3.23. The van der Waals surface area contributed by atoms with Crippen LogP contribution < -0.4 is 20.3 Å². The minimum atomic E-state index is -3.95. The third-order valence-electron chi connectivity index (χ3n) is 4.46. The number of carbonyl (C=O) groups is 1. The SMILES string of the molecule is COc1ccc(Cl)c2sc(NNC(=O)c3cccc(NS(=O)(=O)c4ccc(F)cc4)c3)nc12. The summed E-state index contributed by atoms with van der Waals surface area (Å²) in [4.78, 5) is 16.9. The number of nitrogens with zero attached hydrogens (tertiary/aromatic N) is 1. The maximum atomic E-state index is 13.1. The third kappa shape index (κ3) is 5.00. The van der Waals surface area contributed by atoms with Gasteiger partial charge in [-0.05, 0) is 54.6 Å². The number of hydrogen-bond donors (Lipinski definition) is 3. The molecule has 0 fully saturated rings. The number of halogens is 2. The van der Waals surface area contributed by atoms with E-state index in [2.05, 4.69) is 20.6 Å². The lowest BCUT2D eigenvalue weighted by molar-refractivity contribution is 0.0962. The molecule has 4 aromatic rings. The molecule has 12 heteroatoms. The van der Waals surface area contributed by atoms with Crippen LogP contribution in [0.1, 0.15) is 10.4 Å². The van der Waals surface area contributed by atoms with Crippen LogP contribution in [0.2, 0.25) is 5.02 Å². The van der Waals surface area contributed by atoms with Crippen molar-refractivity contribution in [3.63, 3.8) is 0 Å². The van der Waals surface area contributed by atoms with Crippen molar-refractivity contribution in [1.82, 2.24) is 10.4 Å². The highest BCUT2D eigenvalue weighted by atomic mass is 35.5. The van der Waals surface area contributed by atoms with E-state index in [1.165, 1.54) is 42.7 Å². The first-order valence-electron chi connectivity index (χ1n) is 9.34. The van der Waals surface area contributed by atoms with Crippen molar-refractivity contribution in [3.05, 3.63) is 77.1 Å². The first-order chi connectivity index (χ1) is 15.8. The summed E-state index contributed by atoms with van der Waals surface area (Å²) in [6, 6.07) is 13.7. The molecule has 3 N–H and O–H groups in total. The zero-order chi connectivity index (χ0) is 23.6. The molecule has 0 aliphatic carbocycles. The van der Waals surface area contributed by atoms with E-state index in [0.29, 0.717) is 26.1 Å². The molecule has 0 atom stereocenters. The van der Waals surface area contributed by atoms with Crippen LogP contribution in [-0.4, -0.2) is 26.4 Å². The van der Waals surface area contributed by atoms with Crippen molar-refractivity contribution in [3.8, 4) is 5.75 Å². The lowest BCUT2D eigenvalue weighted by Crippen LogP contribution is -2.29. The van der Waals surface area contributed by atoms with Gasteiger partial charge >= 0.3 is 0 Å². The number of methoxy groups -OCH3 is 1. The fourth-order valence-corrected chi connectivity index (χ4v) is 5.06. The van der Waals surface area contributed by atoms with E-state index < -0.39 is 21.7 Å². The molecule has 3 aromatic carbocycles. The number of amides is 1. The van der Waals surface area contributed by atoms with Crippen LogP contribution >= 0.6 is 22.9 Å². The molecule has 0 spiro atoms. The van der Waals surface area contributed by atoms with Crippen molar-refractivity contribution >= 4 is 59.9 Å². The first kappa shape index (κ1) is 22.8. The van der Waals surface area contributed by atoms with Gasteiger partial charge in [0, 0.05) is 11.3 Å². The van der Waals surface area contributed by atoms with Crippen molar-refractivity contribution in [2.45, 2.75) is 4.90 Å². The van der Waals surface area contributed by atoms with E-state index in [9.17, 15) is 17.6 Å². The standard InChI is InChI=1S/C21H16ClFN4O4S2/c1-31-17-10-9-16(22)19-18(17)24-21(32-19)26-25-20(28)12-3-2-4-14(11-12)27-33(29,30)15-7-5-13(23)6-8-15/h2-11,27H,1H3,(H,24,26)(H,25,28). The molecule has 33 heavy (non-hydrogen) atoms. The molecule has 0 aliphatic heterocycles. The van der Waals surface area contributed by atoms with E-state index in [0.717, 1.165) is 24.3 Å². The highest BCUT2D eigenvalue weighted by Crippen LogP contribution is 2.37. The normalized spacial score (nSPS) is 11.2. The molecule has 0 bridgehead atoms. The Balaban J connectivity index is 1.47. The number of carbonyl (C=O) groups excluding carboxylic acids is 1. The number of benzene rings is 3. The molecule has 0 saturated heterocycles. The summed E-state index contributed by atoms with van der Waals surface area (Å²) in [5, 5.41) is 0.890. The number of rotatable bonds is 7. The molecule has 0 unspecified atom stereocenters. The minimum absolute atomic E-state index is 0.106. The fraction of sp³-hybridized carbons (Fsp3) is 0.0476. The zero-order valence-electron chi connectivity index (χ0n) is 16.9. The Morgan fingerprint density at radius 3 is 2.61 bits per heavy atom. The van der Waals surface area contributed by atoms with Crippen LogP contribution in [0.3, 0.4) is 0 Å². The maximum Gasteiger partial charge on any atom is 0.269 e. The van der Waals surface area contributed by atoms with Crippen LogP contribution in [0.25, 0.3) is 10.2 Å². The number of hydrazine groups is 1. The Hall–Kier alpha value is -3.41. The predicted octanol–water partition coefficient (Wildman–Crippen LogP) is 4.66. The van der Waals surface area contributed by atoms with Crippen molar-refractivity contribution < 1.29 is 22.3 Å². The maximum absolute atomic E-state index is 13.1. The second-order valence-corrected chi connectivity index (χ2v) is 9.75. The van der Waals surface area contributed by atoms with E-state index in [4.69, 9.17) is 16.3 Å². The van der Waals surface area contributed by atoms with Crippen molar-refractivity contribution in [2.24, 2.45) is 0 Å². The van der Waals surface area contributed by atoms with Crippen LogP contribution in [-0.2, 0) is 10.0 Å². The van der Waals surface area contributed by atoms with Crippen LogP contribution in [0.4, 0.5) is 15.2 Å². The summed E-state index contributed by atoms with van der Waals surface area (Å²) in [5.41, 5.74) is 6.17. The average molecular weight is 507 g/mol. The number of thiazole rings is 1. The van der Waals surface area contributed by atoms with Gasteiger partial charge in [-0.3, -0.25) is 20.4 Å². The lowest BCUT2D eigenvalue weighted by atomic mass is 10.2. The Morgan fingerprint density at radius 1 is 1.12 bits per heavy atom. The van der Waals surface area contributed by atoms with E-state index in [1.807, 2.05) is 0 Å². The van der Waals surface area contributed by atoms with Gasteiger partial charge < -0.3 is 4.74 Å². The number of nitrogens with one attached hydrogen (secondary N) is 3. The summed E-state index contributed by atoms with van der Waals surface area (Å²) in [5.74, 6) is -0.518. The van der Waals surface area contributed by atoms with Gasteiger partial charge in [0.15, 0.2) is 0 Å². The monoisotopic (exact) mass is 506 g/mol. The Kier molecular flexibility index (Phi) is 6.36. The summed E-state index contributed by atoms with van der Waals surface area (Å²) in [6.45, 7) is 0. The summed E-state index contributed by atoms with van der Waals surface area (Å²) < 4.78 is 46.4. The fourth-order valence-electron chi connectivity index (χ4n) is 2.90. The number of aromatic nitrogens is 1. The van der Waals surface area contributed by atoms with Crippen LogP contribution in [0.5, 0.6) is 5.75 Å². The Morgan fingerprint density at radius 2 is 1.88 bits per heavy atom. The van der Waals surface area contributed by atoms with Gasteiger partial charge in [-0.25, -0.2) is 17.8 Å². The zero-order valence-corrected chi connectivity index (χ0v) is 19.3. The van der Waals surface area contributed by atoms with Crippen molar-refractivity contribution in [2.75, 3.05) is 17.3 Å². The largest absolute Gasteiger partial charge is 0.494 e. The van der Waals surface area contributed by atoms with Crippen LogP contribution in [0.15, 0.2) is 65.6 Å². The molecule has 1 heterocycles. The summed E-state index contributed by atoms with van der Waals surface area (Å²) in [6.07, 6.45) is 0. The van der Waals surface area contributed by atoms with Gasteiger partial charge in [0.2, 0.25) is 5.13 Å². The number of fused-ring (bicyclic) bond motifs is 1. The predicted molar refractivity (Wildman–Crippen MR) is 126 cm³/mol.